The number of carbonyl (C=O) groups is 2. The van der Waals surface area contributed by atoms with Gasteiger partial charge in [0.05, 0.1) is 29.0 Å². The van der Waals surface area contributed by atoms with E-state index in [-0.39, 0.29) is 19.0 Å². The fourth-order valence-corrected chi connectivity index (χ4v) is 4.67. The molecule has 0 radical (unpaired) electrons. The van der Waals surface area contributed by atoms with E-state index >= 15 is 0 Å². The Morgan fingerprint density at radius 2 is 2.12 bits per heavy atom. The second-order valence-corrected chi connectivity index (χ2v) is 8.30. The molecule has 1 fully saturated rings. The molecule has 5 rings (SSSR count). The molecule has 2 aliphatic rings. The summed E-state index contributed by atoms with van der Waals surface area (Å²) >= 11 is 0. The first kappa shape index (κ1) is 20.4. The number of aryl methyl sites for hydroxylation is 1. The number of alkyl halides is 2. The average molecular weight is 439 g/mol. The lowest BCUT2D eigenvalue weighted by atomic mass is 10.1. The highest BCUT2D eigenvalue weighted by Gasteiger charge is 2.38. The van der Waals surface area contributed by atoms with Crippen LogP contribution in [0.15, 0.2) is 42.6 Å². The maximum Gasteiger partial charge on any atom is 0.258 e. The predicted octanol–water partition coefficient (Wildman–Crippen LogP) is 3.53. The van der Waals surface area contributed by atoms with Gasteiger partial charge in [0.1, 0.15) is 6.54 Å². The maximum absolute atomic E-state index is 13.2. The quantitative estimate of drug-likeness (QED) is 0.660. The number of likely N-dealkylation sites (tertiary alicyclic amines) is 1. The van der Waals surface area contributed by atoms with E-state index in [0.29, 0.717) is 30.6 Å². The molecule has 0 unspecified atom stereocenters. The van der Waals surface area contributed by atoms with Gasteiger partial charge in [-0.15, -0.1) is 0 Å². The molecule has 2 aromatic carbocycles. The van der Waals surface area contributed by atoms with E-state index in [1.807, 2.05) is 43.4 Å². The highest BCUT2D eigenvalue weighted by molar-refractivity contribution is 6.05. The van der Waals surface area contributed by atoms with E-state index in [1.165, 1.54) is 9.80 Å². The van der Waals surface area contributed by atoms with Crippen LogP contribution in [0, 0.1) is 0 Å². The van der Waals surface area contributed by atoms with Crippen molar-refractivity contribution in [3.8, 4) is 0 Å². The number of carbonyl (C=O) groups excluding carboxylic acids is 2. The molecule has 32 heavy (non-hydrogen) atoms. The largest absolute Gasteiger partial charge is 0.355 e. The van der Waals surface area contributed by atoms with Crippen molar-refractivity contribution in [3.63, 3.8) is 0 Å². The molecule has 1 aromatic heterocycles. The Morgan fingerprint density at radius 1 is 1.28 bits per heavy atom. The summed E-state index contributed by atoms with van der Waals surface area (Å²) < 4.78 is 28.2. The zero-order valence-corrected chi connectivity index (χ0v) is 17.6. The minimum Gasteiger partial charge on any atom is -0.355 e. The van der Waals surface area contributed by atoms with Gasteiger partial charge in [-0.2, -0.15) is 5.10 Å². The van der Waals surface area contributed by atoms with Crippen molar-refractivity contribution in [2.45, 2.75) is 31.9 Å². The van der Waals surface area contributed by atoms with E-state index in [0.717, 1.165) is 22.2 Å². The zero-order chi connectivity index (χ0) is 22.4. The smallest absolute Gasteiger partial charge is 0.258 e. The molecule has 2 amide bonds. The Balaban J connectivity index is 1.35. The third kappa shape index (κ3) is 3.47. The molecule has 9 heteroatoms. The van der Waals surface area contributed by atoms with Crippen LogP contribution in [0.25, 0.3) is 10.9 Å². The fourth-order valence-electron chi connectivity index (χ4n) is 4.67. The van der Waals surface area contributed by atoms with Crippen molar-refractivity contribution in [3.05, 3.63) is 53.7 Å². The molecule has 1 N–H and O–H groups in total. The van der Waals surface area contributed by atoms with Crippen LogP contribution >= 0.6 is 0 Å². The van der Waals surface area contributed by atoms with Crippen LogP contribution in [0.5, 0.6) is 0 Å². The molecule has 1 atom stereocenters. The lowest BCUT2D eigenvalue weighted by molar-refractivity contribution is -0.135. The Bertz CT molecular complexity index is 1210. The molecule has 1 saturated heterocycles. The molecular weight excluding hydrogens is 416 g/mol. The van der Waals surface area contributed by atoms with Crippen LogP contribution in [-0.2, 0) is 18.4 Å². The third-order valence-electron chi connectivity index (χ3n) is 6.27. The minimum atomic E-state index is -2.57. The Kier molecular flexibility index (Phi) is 5.03. The predicted molar refractivity (Wildman–Crippen MR) is 116 cm³/mol. The summed E-state index contributed by atoms with van der Waals surface area (Å²) in [6.45, 7) is 0.397. The number of fused-ring (bicyclic) bond motifs is 2. The van der Waals surface area contributed by atoms with Crippen molar-refractivity contribution >= 4 is 34.1 Å². The fraction of sp³-hybridized carbons (Fsp3) is 0.348. The zero-order valence-electron chi connectivity index (χ0n) is 17.6. The minimum absolute atomic E-state index is 0.197. The van der Waals surface area contributed by atoms with Gasteiger partial charge in [-0.1, -0.05) is 12.1 Å². The summed E-state index contributed by atoms with van der Waals surface area (Å²) in [5, 5.41) is 8.53. The molecule has 0 bridgehead atoms. The first-order valence-electron chi connectivity index (χ1n) is 10.6. The number of anilines is 2. The summed E-state index contributed by atoms with van der Waals surface area (Å²) in [4.78, 5) is 28.5. The standard InChI is InChI=1S/C23H23F2N5O2/c1-28-18-8-7-16(10-15(18)11-26-28)27-17-5-2-4-14-12-29(23(32)21(14)17)13-20(31)30-9-3-6-19(30)22(24)25/h2,4-5,7-8,10-11,19,22,27H,3,6,9,12-13H2,1H3/t19-/m0/s1. The summed E-state index contributed by atoms with van der Waals surface area (Å²) in [6, 6.07) is 10.3. The first-order valence-corrected chi connectivity index (χ1v) is 10.6. The third-order valence-corrected chi connectivity index (χ3v) is 6.27. The van der Waals surface area contributed by atoms with Gasteiger partial charge in [-0.05, 0) is 42.7 Å². The Labute approximate surface area is 183 Å². The van der Waals surface area contributed by atoms with Gasteiger partial charge in [0.2, 0.25) is 5.91 Å². The van der Waals surface area contributed by atoms with Gasteiger partial charge in [0.25, 0.3) is 12.3 Å². The van der Waals surface area contributed by atoms with Crippen LogP contribution in [0.3, 0.4) is 0 Å². The monoisotopic (exact) mass is 439 g/mol. The SMILES string of the molecule is Cn1ncc2cc(Nc3cccc4c3C(=O)N(CC(=O)N3CCC[C@H]3C(F)F)C4)ccc21. The highest BCUT2D eigenvalue weighted by Crippen LogP contribution is 2.32. The van der Waals surface area contributed by atoms with Crippen LogP contribution in [0.4, 0.5) is 20.2 Å². The molecule has 0 aliphatic carbocycles. The molecule has 166 valence electrons. The number of benzene rings is 2. The van der Waals surface area contributed by atoms with E-state index in [4.69, 9.17) is 0 Å². The van der Waals surface area contributed by atoms with Crippen LogP contribution in [-0.4, -0.2) is 57.0 Å². The van der Waals surface area contributed by atoms with Gasteiger partial charge < -0.3 is 15.1 Å². The van der Waals surface area contributed by atoms with E-state index in [9.17, 15) is 18.4 Å². The van der Waals surface area contributed by atoms with E-state index in [1.54, 1.807) is 10.9 Å². The van der Waals surface area contributed by atoms with Crippen molar-refractivity contribution in [2.75, 3.05) is 18.4 Å². The number of nitrogens with zero attached hydrogens (tertiary/aromatic N) is 4. The van der Waals surface area contributed by atoms with E-state index < -0.39 is 18.4 Å². The lowest BCUT2D eigenvalue weighted by Crippen LogP contribution is -2.45. The second kappa shape index (κ2) is 7.89. The Hall–Kier alpha value is -3.49. The van der Waals surface area contributed by atoms with Gasteiger partial charge in [-0.25, -0.2) is 8.78 Å². The van der Waals surface area contributed by atoms with E-state index in [2.05, 4.69) is 10.4 Å². The summed E-state index contributed by atoms with van der Waals surface area (Å²) in [6.07, 6.45) is 0.0669. The molecule has 3 aromatic rings. The molecule has 2 aliphatic heterocycles. The molecule has 0 saturated carbocycles. The number of halogens is 2. The summed E-state index contributed by atoms with van der Waals surface area (Å²) in [7, 11) is 1.87. The van der Waals surface area contributed by atoms with Crippen LogP contribution in [0.1, 0.15) is 28.8 Å². The van der Waals surface area contributed by atoms with Gasteiger partial charge in [-0.3, -0.25) is 14.3 Å². The summed E-state index contributed by atoms with van der Waals surface area (Å²) in [5.74, 6) is -0.697. The first-order chi connectivity index (χ1) is 15.4. The number of amides is 2. The number of hydrogen-bond acceptors (Lipinski definition) is 4. The summed E-state index contributed by atoms with van der Waals surface area (Å²) in [5.41, 5.74) is 3.79. The van der Waals surface area contributed by atoms with Gasteiger partial charge in [0, 0.05) is 31.2 Å². The van der Waals surface area contributed by atoms with Crippen molar-refractivity contribution < 1.29 is 18.4 Å². The molecule has 7 nitrogen and oxygen atoms in total. The van der Waals surface area contributed by atoms with Crippen molar-refractivity contribution in [1.82, 2.24) is 19.6 Å². The van der Waals surface area contributed by atoms with Crippen LogP contribution < -0.4 is 5.32 Å². The maximum atomic E-state index is 13.2. The topological polar surface area (TPSA) is 70.5 Å². The van der Waals surface area contributed by atoms with Crippen molar-refractivity contribution in [2.24, 2.45) is 7.05 Å². The van der Waals surface area contributed by atoms with Gasteiger partial charge >= 0.3 is 0 Å². The second-order valence-electron chi connectivity index (χ2n) is 8.30. The van der Waals surface area contributed by atoms with Crippen LogP contribution in [0.2, 0.25) is 0 Å². The molecular formula is C23H23F2N5O2. The number of rotatable bonds is 5. The lowest BCUT2D eigenvalue weighted by Gasteiger charge is -2.26. The highest BCUT2D eigenvalue weighted by atomic mass is 19.3. The number of aromatic nitrogens is 2. The average Bonchev–Trinajstić information content (AvgIpc) is 3.47. The van der Waals surface area contributed by atoms with Crippen molar-refractivity contribution in [1.29, 1.82) is 0 Å². The van der Waals surface area contributed by atoms with Gasteiger partial charge in [0.15, 0.2) is 0 Å². The normalized spacial score (nSPS) is 18.1. The number of hydrogen-bond donors (Lipinski definition) is 1. The Morgan fingerprint density at radius 3 is 2.94 bits per heavy atom. The number of nitrogens with one attached hydrogen (secondary N) is 1. The molecule has 3 heterocycles. The molecule has 0 spiro atoms.